The fraction of sp³-hybridized carbons (Fsp3) is 0.700. The second-order valence-electron chi connectivity index (χ2n) is 3.72. The zero-order chi connectivity index (χ0) is 10.4. The SMILES string of the molecule is CC(=CCl)CNCCC(=O)NC1CC1. The molecule has 0 spiro atoms. The third-order valence-corrected chi connectivity index (χ3v) is 2.43. The van der Waals surface area contributed by atoms with Crippen molar-refractivity contribution in [3.63, 3.8) is 0 Å². The lowest BCUT2D eigenvalue weighted by Crippen LogP contribution is -2.29. The van der Waals surface area contributed by atoms with Gasteiger partial charge < -0.3 is 10.6 Å². The lowest BCUT2D eigenvalue weighted by molar-refractivity contribution is -0.121. The minimum Gasteiger partial charge on any atom is -0.353 e. The van der Waals surface area contributed by atoms with Gasteiger partial charge in [0.05, 0.1) is 0 Å². The summed E-state index contributed by atoms with van der Waals surface area (Å²) >= 11 is 5.49. The van der Waals surface area contributed by atoms with E-state index in [0.29, 0.717) is 19.0 Å². The minimum absolute atomic E-state index is 0.146. The molecule has 0 aromatic rings. The number of nitrogens with one attached hydrogen (secondary N) is 2. The van der Waals surface area contributed by atoms with E-state index in [0.717, 1.165) is 25.0 Å². The number of halogens is 1. The highest BCUT2D eigenvalue weighted by atomic mass is 35.5. The van der Waals surface area contributed by atoms with Gasteiger partial charge >= 0.3 is 0 Å². The normalized spacial score (nSPS) is 16.9. The Morgan fingerprint density at radius 2 is 2.29 bits per heavy atom. The van der Waals surface area contributed by atoms with E-state index >= 15 is 0 Å². The van der Waals surface area contributed by atoms with Crippen LogP contribution in [0.5, 0.6) is 0 Å². The summed E-state index contributed by atoms with van der Waals surface area (Å²) in [6.45, 7) is 3.41. The van der Waals surface area contributed by atoms with Crippen LogP contribution in [0.25, 0.3) is 0 Å². The Kier molecular flexibility index (Phi) is 4.98. The largest absolute Gasteiger partial charge is 0.353 e. The summed E-state index contributed by atoms with van der Waals surface area (Å²) in [5.41, 5.74) is 2.63. The number of hydrogen-bond acceptors (Lipinski definition) is 2. The van der Waals surface area contributed by atoms with E-state index in [9.17, 15) is 4.79 Å². The first-order chi connectivity index (χ1) is 6.72. The van der Waals surface area contributed by atoms with Crippen LogP contribution in [-0.2, 0) is 4.79 Å². The molecule has 1 fully saturated rings. The Morgan fingerprint density at radius 3 is 2.86 bits per heavy atom. The zero-order valence-electron chi connectivity index (χ0n) is 8.48. The number of amides is 1. The van der Waals surface area contributed by atoms with E-state index in [1.807, 2.05) is 6.92 Å². The molecule has 0 radical (unpaired) electrons. The average Bonchev–Trinajstić information content (AvgIpc) is 2.95. The monoisotopic (exact) mass is 216 g/mol. The third kappa shape index (κ3) is 5.25. The Labute approximate surface area is 89.9 Å². The highest BCUT2D eigenvalue weighted by Crippen LogP contribution is 2.18. The molecule has 14 heavy (non-hydrogen) atoms. The van der Waals surface area contributed by atoms with Crippen molar-refractivity contribution >= 4 is 17.5 Å². The highest BCUT2D eigenvalue weighted by molar-refractivity contribution is 6.25. The second-order valence-corrected chi connectivity index (χ2v) is 3.94. The molecule has 1 amide bonds. The smallest absolute Gasteiger partial charge is 0.221 e. The first kappa shape index (κ1) is 11.5. The van der Waals surface area contributed by atoms with Crippen LogP contribution < -0.4 is 10.6 Å². The molecule has 1 saturated carbocycles. The second kappa shape index (κ2) is 6.04. The molecule has 1 aliphatic rings. The summed E-state index contributed by atoms with van der Waals surface area (Å²) < 4.78 is 0. The van der Waals surface area contributed by atoms with Crippen LogP contribution in [0.1, 0.15) is 26.2 Å². The van der Waals surface area contributed by atoms with Gasteiger partial charge in [0, 0.05) is 31.1 Å². The standard InChI is InChI=1S/C10H17ClN2O/c1-8(6-11)7-12-5-4-10(14)13-9-2-3-9/h6,9,12H,2-5,7H2,1H3,(H,13,14). The van der Waals surface area contributed by atoms with Gasteiger partial charge in [-0.25, -0.2) is 0 Å². The van der Waals surface area contributed by atoms with Crippen LogP contribution in [0, 0.1) is 0 Å². The molecule has 0 aliphatic heterocycles. The van der Waals surface area contributed by atoms with E-state index in [-0.39, 0.29) is 5.91 Å². The van der Waals surface area contributed by atoms with Crippen molar-refractivity contribution in [3.8, 4) is 0 Å². The van der Waals surface area contributed by atoms with Gasteiger partial charge in [0.2, 0.25) is 5.91 Å². The van der Waals surface area contributed by atoms with Crippen molar-refractivity contribution in [1.29, 1.82) is 0 Å². The molecule has 1 rings (SSSR count). The summed E-state index contributed by atoms with van der Waals surface area (Å²) in [7, 11) is 0. The Morgan fingerprint density at radius 1 is 1.57 bits per heavy atom. The van der Waals surface area contributed by atoms with Crippen LogP contribution >= 0.6 is 11.6 Å². The van der Waals surface area contributed by atoms with E-state index in [2.05, 4.69) is 10.6 Å². The van der Waals surface area contributed by atoms with E-state index < -0.39 is 0 Å². The molecule has 1 aliphatic carbocycles. The number of carbonyl (C=O) groups excluding carboxylic acids is 1. The number of carbonyl (C=O) groups is 1. The molecule has 0 saturated heterocycles. The topological polar surface area (TPSA) is 41.1 Å². The predicted molar refractivity (Wildman–Crippen MR) is 58.3 cm³/mol. The maximum absolute atomic E-state index is 11.2. The summed E-state index contributed by atoms with van der Waals surface area (Å²) in [5, 5.41) is 6.08. The molecule has 0 heterocycles. The Bertz CT molecular complexity index is 224. The first-order valence-electron chi connectivity index (χ1n) is 4.98. The average molecular weight is 217 g/mol. The van der Waals surface area contributed by atoms with Crippen LogP contribution in [0.3, 0.4) is 0 Å². The van der Waals surface area contributed by atoms with E-state index in [1.54, 1.807) is 5.54 Å². The van der Waals surface area contributed by atoms with Crippen molar-refractivity contribution in [1.82, 2.24) is 10.6 Å². The van der Waals surface area contributed by atoms with Crippen LogP contribution in [0.2, 0.25) is 0 Å². The van der Waals surface area contributed by atoms with Gasteiger partial charge in [-0.1, -0.05) is 11.6 Å². The zero-order valence-corrected chi connectivity index (χ0v) is 9.23. The van der Waals surface area contributed by atoms with Crippen LogP contribution in [-0.4, -0.2) is 25.0 Å². The fourth-order valence-corrected chi connectivity index (χ4v) is 1.13. The van der Waals surface area contributed by atoms with Gasteiger partial charge in [0.15, 0.2) is 0 Å². The van der Waals surface area contributed by atoms with Crippen molar-refractivity contribution in [2.24, 2.45) is 0 Å². The summed E-state index contributed by atoms with van der Waals surface area (Å²) in [6, 6.07) is 0.465. The maximum Gasteiger partial charge on any atom is 0.221 e. The summed E-state index contributed by atoms with van der Waals surface area (Å²) in [5.74, 6) is 0.146. The quantitative estimate of drug-likeness (QED) is 0.659. The minimum atomic E-state index is 0.146. The molecule has 0 bridgehead atoms. The molecule has 80 valence electrons. The Balaban J connectivity index is 1.94. The summed E-state index contributed by atoms with van der Waals surface area (Å²) in [4.78, 5) is 11.2. The third-order valence-electron chi connectivity index (χ3n) is 2.06. The van der Waals surface area contributed by atoms with Crippen molar-refractivity contribution in [2.75, 3.05) is 13.1 Å². The molecule has 3 nitrogen and oxygen atoms in total. The molecule has 0 aromatic heterocycles. The molecule has 0 unspecified atom stereocenters. The van der Waals surface area contributed by atoms with Gasteiger partial charge in [-0.2, -0.15) is 0 Å². The van der Waals surface area contributed by atoms with Gasteiger partial charge in [0.1, 0.15) is 0 Å². The molecule has 0 aromatic carbocycles. The molecule has 2 N–H and O–H groups in total. The number of rotatable bonds is 6. The lowest BCUT2D eigenvalue weighted by Gasteiger charge is -2.05. The van der Waals surface area contributed by atoms with Crippen LogP contribution in [0.15, 0.2) is 11.1 Å². The Hall–Kier alpha value is -0.540. The highest BCUT2D eigenvalue weighted by Gasteiger charge is 2.22. The fourth-order valence-electron chi connectivity index (χ4n) is 1.05. The molecular formula is C10H17ClN2O. The van der Waals surface area contributed by atoms with Crippen molar-refractivity contribution in [3.05, 3.63) is 11.1 Å². The van der Waals surface area contributed by atoms with Crippen molar-refractivity contribution < 1.29 is 4.79 Å². The molecular weight excluding hydrogens is 200 g/mol. The lowest BCUT2D eigenvalue weighted by atomic mass is 10.3. The first-order valence-corrected chi connectivity index (χ1v) is 5.42. The number of hydrogen-bond donors (Lipinski definition) is 2. The molecule has 0 atom stereocenters. The van der Waals surface area contributed by atoms with Crippen molar-refractivity contribution in [2.45, 2.75) is 32.2 Å². The van der Waals surface area contributed by atoms with E-state index in [4.69, 9.17) is 11.6 Å². The molecule has 4 heteroatoms. The van der Waals surface area contributed by atoms with Gasteiger partial charge in [-0.15, -0.1) is 0 Å². The van der Waals surface area contributed by atoms with Gasteiger partial charge in [0.25, 0.3) is 0 Å². The predicted octanol–water partition coefficient (Wildman–Crippen LogP) is 1.39. The van der Waals surface area contributed by atoms with E-state index in [1.165, 1.54) is 0 Å². The maximum atomic E-state index is 11.2. The van der Waals surface area contributed by atoms with Gasteiger partial charge in [-0.05, 0) is 25.3 Å². The van der Waals surface area contributed by atoms with Gasteiger partial charge in [-0.3, -0.25) is 4.79 Å². The summed E-state index contributed by atoms with van der Waals surface area (Å²) in [6.07, 6.45) is 2.84. The van der Waals surface area contributed by atoms with Crippen LogP contribution in [0.4, 0.5) is 0 Å².